The SMILES string of the molecule is Cn1cc(-c2cnc3cnc(CC(=O)CN4CCCC4)cc3c2)cn1. The first-order valence-corrected chi connectivity index (χ1v) is 8.65. The minimum Gasteiger partial charge on any atom is -0.298 e. The molecular formula is C19H21N5O. The van der Waals surface area contributed by atoms with Crippen molar-refractivity contribution in [2.24, 2.45) is 7.05 Å². The Kier molecular flexibility index (Phi) is 4.28. The first kappa shape index (κ1) is 15.9. The predicted octanol–water partition coefficient (Wildman–Crippen LogP) is 2.24. The number of hydrogen-bond donors (Lipinski definition) is 0. The fourth-order valence-corrected chi connectivity index (χ4v) is 3.35. The molecule has 1 fully saturated rings. The lowest BCUT2D eigenvalue weighted by molar-refractivity contribution is -0.119. The third-order valence-corrected chi connectivity index (χ3v) is 4.64. The standard InChI is InChI=1S/C19H21N5O/c1-23-12-16(10-22-23)15-6-14-7-17(20-11-19(14)21-9-15)8-18(25)13-24-4-2-3-5-24/h6-7,9-12H,2-5,8,13H2,1H3. The molecule has 128 valence electrons. The molecule has 0 radical (unpaired) electrons. The summed E-state index contributed by atoms with van der Waals surface area (Å²) in [5.74, 6) is 0.227. The van der Waals surface area contributed by atoms with Crippen LogP contribution in [0.15, 0.2) is 36.9 Å². The Morgan fingerprint density at radius 2 is 1.92 bits per heavy atom. The molecule has 1 aliphatic rings. The highest BCUT2D eigenvalue weighted by Crippen LogP contribution is 2.22. The predicted molar refractivity (Wildman–Crippen MR) is 96.1 cm³/mol. The Morgan fingerprint density at radius 1 is 1.08 bits per heavy atom. The smallest absolute Gasteiger partial charge is 0.152 e. The summed E-state index contributed by atoms with van der Waals surface area (Å²) >= 11 is 0. The van der Waals surface area contributed by atoms with Crippen LogP contribution in [-0.2, 0) is 18.3 Å². The van der Waals surface area contributed by atoms with E-state index in [-0.39, 0.29) is 5.78 Å². The molecule has 0 unspecified atom stereocenters. The molecule has 1 aliphatic heterocycles. The minimum absolute atomic E-state index is 0.227. The van der Waals surface area contributed by atoms with E-state index in [2.05, 4.69) is 26.0 Å². The van der Waals surface area contributed by atoms with Gasteiger partial charge in [-0.1, -0.05) is 0 Å². The van der Waals surface area contributed by atoms with Crippen molar-refractivity contribution in [1.29, 1.82) is 0 Å². The van der Waals surface area contributed by atoms with Gasteiger partial charge in [-0.05, 0) is 38.1 Å². The average molecular weight is 335 g/mol. The van der Waals surface area contributed by atoms with E-state index in [1.165, 1.54) is 12.8 Å². The van der Waals surface area contributed by atoms with Crippen molar-refractivity contribution in [2.45, 2.75) is 19.3 Å². The molecule has 4 heterocycles. The van der Waals surface area contributed by atoms with Crippen LogP contribution in [-0.4, -0.2) is 50.1 Å². The van der Waals surface area contributed by atoms with Crippen LogP contribution in [0.4, 0.5) is 0 Å². The number of fused-ring (bicyclic) bond motifs is 1. The van der Waals surface area contributed by atoms with Gasteiger partial charge in [0.05, 0.1) is 30.9 Å². The fourth-order valence-electron chi connectivity index (χ4n) is 3.35. The van der Waals surface area contributed by atoms with Crippen LogP contribution in [0, 0.1) is 0 Å². The molecule has 0 bridgehead atoms. The van der Waals surface area contributed by atoms with Crippen LogP contribution >= 0.6 is 0 Å². The van der Waals surface area contributed by atoms with Crippen molar-refractivity contribution in [3.8, 4) is 11.1 Å². The van der Waals surface area contributed by atoms with E-state index in [1.54, 1.807) is 10.9 Å². The third-order valence-electron chi connectivity index (χ3n) is 4.64. The van der Waals surface area contributed by atoms with Crippen LogP contribution in [0.5, 0.6) is 0 Å². The number of aromatic nitrogens is 4. The maximum Gasteiger partial charge on any atom is 0.152 e. The first-order valence-electron chi connectivity index (χ1n) is 8.65. The van der Waals surface area contributed by atoms with Gasteiger partial charge in [-0.25, -0.2) is 0 Å². The summed E-state index contributed by atoms with van der Waals surface area (Å²) in [4.78, 5) is 23.4. The molecule has 0 spiro atoms. The molecule has 0 atom stereocenters. The van der Waals surface area contributed by atoms with Gasteiger partial charge in [0.25, 0.3) is 0 Å². The molecule has 0 N–H and O–H groups in total. The number of hydrogen-bond acceptors (Lipinski definition) is 5. The molecule has 3 aromatic heterocycles. The van der Waals surface area contributed by atoms with Crippen molar-refractivity contribution in [3.05, 3.63) is 42.6 Å². The summed E-state index contributed by atoms with van der Waals surface area (Å²) in [6, 6.07) is 4.06. The van der Waals surface area contributed by atoms with Crippen LogP contribution in [0.1, 0.15) is 18.5 Å². The molecule has 0 aliphatic carbocycles. The van der Waals surface area contributed by atoms with Crippen molar-refractivity contribution < 1.29 is 4.79 Å². The van der Waals surface area contributed by atoms with Gasteiger partial charge in [-0.3, -0.25) is 24.3 Å². The summed E-state index contributed by atoms with van der Waals surface area (Å²) in [5, 5.41) is 5.21. The second kappa shape index (κ2) is 6.72. The van der Waals surface area contributed by atoms with E-state index in [0.29, 0.717) is 13.0 Å². The van der Waals surface area contributed by atoms with Gasteiger partial charge in [0, 0.05) is 41.6 Å². The van der Waals surface area contributed by atoms with Crippen LogP contribution in [0.2, 0.25) is 0 Å². The highest BCUT2D eigenvalue weighted by molar-refractivity contribution is 5.86. The molecule has 25 heavy (non-hydrogen) atoms. The van der Waals surface area contributed by atoms with Crippen LogP contribution < -0.4 is 0 Å². The number of pyridine rings is 2. The zero-order valence-electron chi connectivity index (χ0n) is 14.4. The summed E-state index contributed by atoms with van der Waals surface area (Å²) in [5.41, 5.74) is 3.69. The maximum atomic E-state index is 12.3. The molecular weight excluding hydrogens is 314 g/mol. The second-order valence-electron chi connectivity index (χ2n) is 6.69. The van der Waals surface area contributed by atoms with Crippen molar-refractivity contribution >= 4 is 16.7 Å². The molecule has 3 aromatic rings. The summed E-state index contributed by atoms with van der Waals surface area (Å²) in [7, 11) is 1.89. The van der Waals surface area contributed by atoms with Crippen LogP contribution in [0.3, 0.4) is 0 Å². The Hall–Kier alpha value is -2.60. The van der Waals surface area contributed by atoms with Gasteiger partial charge in [-0.2, -0.15) is 5.10 Å². The van der Waals surface area contributed by atoms with E-state index in [9.17, 15) is 4.79 Å². The van der Waals surface area contributed by atoms with Crippen LogP contribution in [0.25, 0.3) is 22.0 Å². The number of carbonyl (C=O) groups is 1. The zero-order chi connectivity index (χ0) is 17.2. The summed E-state index contributed by atoms with van der Waals surface area (Å²) < 4.78 is 1.77. The largest absolute Gasteiger partial charge is 0.298 e. The number of aryl methyl sites for hydroxylation is 1. The first-order chi connectivity index (χ1) is 12.2. The van der Waals surface area contributed by atoms with Gasteiger partial charge in [-0.15, -0.1) is 0 Å². The van der Waals surface area contributed by atoms with Gasteiger partial charge in [0.1, 0.15) is 0 Å². The van der Waals surface area contributed by atoms with Crippen molar-refractivity contribution in [3.63, 3.8) is 0 Å². The molecule has 0 amide bonds. The zero-order valence-corrected chi connectivity index (χ0v) is 14.4. The molecule has 1 saturated heterocycles. The highest BCUT2D eigenvalue weighted by Gasteiger charge is 2.16. The number of nitrogens with zero attached hydrogens (tertiary/aromatic N) is 5. The van der Waals surface area contributed by atoms with Crippen molar-refractivity contribution in [2.75, 3.05) is 19.6 Å². The van der Waals surface area contributed by atoms with Gasteiger partial charge in [0.15, 0.2) is 5.78 Å². The maximum absolute atomic E-state index is 12.3. The fraction of sp³-hybridized carbons (Fsp3) is 0.368. The lowest BCUT2D eigenvalue weighted by Crippen LogP contribution is -2.27. The molecule has 6 heteroatoms. The van der Waals surface area contributed by atoms with E-state index in [4.69, 9.17) is 0 Å². The van der Waals surface area contributed by atoms with Gasteiger partial charge >= 0.3 is 0 Å². The quantitative estimate of drug-likeness (QED) is 0.715. The topological polar surface area (TPSA) is 63.9 Å². The van der Waals surface area contributed by atoms with Gasteiger partial charge < -0.3 is 0 Å². The number of likely N-dealkylation sites (tertiary alicyclic amines) is 1. The monoisotopic (exact) mass is 335 g/mol. The Labute approximate surface area is 146 Å². The normalized spacial score (nSPS) is 15.1. The Bertz CT molecular complexity index is 911. The number of rotatable bonds is 5. The van der Waals surface area contributed by atoms with E-state index >= 15 is 0 Å². The number of carbonyl (C=O) groups excluding carboxylic acids is 1. The van der Waals surface area contributed by atoms with Crippen molar-refractivity contribution in [1.82, 2.24) is 24.6 Å². The molecule has 6 nitrogen and oxygen atoms in total. The Morgan fingerprint density at radius 3 is 2.68 bits per heavy atom. The Balaban J connectivity index is 1.54. The van der Waals surface area contributed by atoms with E-state index in [0.717, 1.165) is 40.8 Å². The molecule has 0 aromatic carbocycles. The average Bonchev–Trinajstić information content (AvgIpc) is 3.26. The number of ketones is 1. The summed E-state index contributed by atoms with van der Waals surface area (Å²) in [6.07, 6.45) is 10.1. The molecule has 4 rings (SSSR count). The van der Waals surface area contributed by atoms with Gasteiger partial charge in [0.2, 0.25) is 0 Å². The lowest BCUT2D eigenvalue weighted by atomic mass is 10.1. The van der Waals surface area contributed by atoms with E-state index < -0.39 is 0 Å². The lowest BCUT2D eigenvalue weighted by Gasteiger charge is -2.13. The number of Topliss-reactive ketones (excluding diaryl/α,β-unsaturated/α-hetero) is 1. The highest BCUT2D eigenvalue weighted by atomic mass is 16.1. The minimum atomic E-state index is 0.227. The van der Waals surface area contributed by atoms with E-state index in [1.807, 2.05) is 31.7 Å². The second-order valence-corrected chi connectivity index (χ2v) is 6.69. The molecule has 0 saturated carbocycles. The third kappa shape index (κ3) is 3.58. The summed E-state index contributed by atoms with van der Waals surface area (Å²) in [6.45, 7) is 2.61.